The van der Waals surface area contributed by atoms with Gasteiger partial charge in [-0.15, -0.1) is 0 Å². The van der Waals surface area contributed by atoms with E-state index < -0.39 is 0 Å². The lowest BCUT2D eigenvalue weighted by Gasteiger charge is -2.06. The number of nitrogens with two attached hydrogens (primary N) is 1. The second kappa shape index (κ2) is 4.72. The van der Waals surface area contributed by atoms with Crippen LogP contribution in [-0.2, 0) is 0 Å². The summed E-state index contributed by atoms with van der Waals surface area (Å²) < 4.78 is 0. The zero-order valence-corrected chi connectivity index (χ0v) is 10.5. The van der Waals surface area contributed by atoms with Crippen molar-refractivity contribution in [2.24, 2.45) is 0 Å². The highest BCUT2D eigenvalue weighted by Gasteiger charge is 2.23. The first-order valence-electron chi connectivity index (χ1n) is 6.35. The number of hydrogen-bond donors (Lipinski definition) is 2. The van der Waals surface area contributed by atoms with Crippen LogP contribution in [0.2, 0.25) is 0 Å². The summed E-state index contributed by atoms with van der Waals surface area (Å²) in [6.45, 7) is 0. The molecule has 96 valence electrons. The molecule has 1 saturated carbocycles. The van der Waals surface area contributed by atoms with Crippen LogP contribution in [0.4, 0.5) is 5.82 Å². The summed E-state index contributed by atoms with van der Waals surface area (Å²) in [7, 11) is 0. The summed E-state index contributed by atoms with van der Waals surface area (Å²) in [5, 5.41) is 2.98. The molecule has 3 N–H and O–H groups in total. The van der Waals surface area contributed by atoms with E-state index in [9.17, 15) is 4.79 Å². The maximum atomic E-state index is 12.0. The molecule has 3 rings (SSSR count). The van der Waals surface area contributed by atoms with Gasteiger partial charge in [0.15, 0.2) is 0 Å². The molecule has 2 aromatic rings. The second-order valence-electron chi connectivity index (χ2n) is 4.80. The summed E-state index contributed by atoms with van der Waals surface area (Å²) in [4.78, 5) is 16.1. The van der Waals surface area contributed by atoms with Gasteiger partial charge in [-0.05, 0) is 42.7 Å². The molecule has 0 aliphatic heterocycles. The van der Waals surface area contributed by atoms with Crippen molar-refractivity contribution in [1.82, 2.24) is 10.3 Å². The largest absolute Gasteiger partial charge is 0.384 e. The number of amides is 1. The molecule has 1 aromatic heterocycles. The average Bonchev–Trinajstić information content (AvgIpc) is 3.24. The number of nitrogens with zero attached hydrogens (tertiary/aromatic N) is 1. The predicted molar refractivity (Wildman–Crippen MR) is 74.6 cm³/mol. The Balaban J connectivity index is 1.86. The van der Waals surface area contributed by atoms with E-state index in [-0.39, 0.29) is 5.91 Å². The number of pyridine rings is 1. The quantitative estimate of drug-likeness (QED) is 0.881. The number of aromatic nitrogens is 1. The Labute approximate surface area is 111 Å². The van der Waals surface area contributed by atoms with Crippen LogP contribution < -0.4 is 11.1 Å². The number of hydrogen-bond acceptors (Lipinski definition) is 3. The maximum absolute atomic E-state index is 12.0. The Kier molecular flexibility index (Phi) is 2.91. The zero-order chi connectivity index (χ0) is 13.2. The number of carbonyl (C=O) groups excluding carboxylic acids is 1. The van der Waals surface area contributed by atoms with Gasteiger partial charge in [-0.25, -0.2) is 4.98 Å². The topological polar surface area (TPSA) is 68.0 Å². The summed E-state index contributed by atoms with van der Waals surface area (Å²) >= 11 is 0. The van der Waals surface area contributed by atoms with Crippen LogP contribution in [0, 0.1) is 0 Å². The van der Waals surface area contributed by atoms with Gasteiger partial charge in [0.05, 0.1) is 0 Å². The number of anilines is 1. The van der Waals surface area contributed by atoms with Gasteiger partial charge in [-0.2, -0.15) is 0 Å². The van der Waals surface area contributed by atoms with Crippen molar-refractivity contribution in [2.75, 3.05) is 5.73 Å². The van der Waals surface area contributed by atoms with Crippen molar-refractivity contribution < 1.29 is 4.79 Å². The van der Waals surface area contributed by atoms with Gasteiger partial charge in [-0.1, -0.05) is 12.1 Å². The Morgan fingerprint density at radius 1 is 1.21 bits per heavy atom. The van der Waals surface area contributed by atoms with E-state index in [0.717, 1.165) is 24.0 Å². The second-order valence-corrected chi connectivity index (χ2v) is 4.80. The van der Waals surface area contributed by atoms with Crippen molar-refractivity contribution in [1.29, 1.82) is 0 Å². The fourth-order valence-corrected chi connectivity index (χ4v) is 1.91. The average molecular weight is 253 g/mol. The van der Waals surface area contributed by atoms with E-state index in [1.165, 1.54) is 0 Å². The molecule has 1 aliphatic carbocycles. The minimum atomic E-state index is -0.00671. The molecular weight excluding hydrogens is 238 g/mol. The SMILES string of the molecule is Nc1ccc(-c2cccc(C(=O)NC3CC3)c2)cn1. The fraction of sp³-hybridized carbons (Fsp3) is 0.200. The Morgan fingerprint density at radius 3 is 2.74 bits per heavy atom. The van der Waals surface area contributed by atoms with Crippen molar-refractivity contribution >= 4 is 11.7 Å². The number of benzene rings is 1. The molecule has 0 bridgehead atoms. The smallest absolute Gasteiger partial charge is 0.251 e. The van der Waals surface area contributed by atoms with E-state index >= 15 is 0 Å². The molecule has 1 heterocycles. The number of nitrogens with one attached hydrogen (secondary N) is 1. The first-order valence-corrected chi connectivity index (χ1v) is 6.35. The Bertz CT molecular complexity index is 603. The number of nitrogen functional groups attached to an aromatic ring is 1. The van der Waals surface area contributed by atoms with E-state index in [4.69, 9.17) is 5.73 Å². The molecule has 0 atom stereocenters. The molecule has 1 aromatic carbocycles. The van der Waals surface area contributed by atoms with E-state index in [2.05, 4.69) is 10.3 Å². The van der Waals surface area contributed by atoms with Crippen molar-refractivity contribution in [3.63, 3.8) is 0 Å². The van der Waals surface area contributed by atoms with Crippen LogP contribution in [0.15, 0.2) is 42.6 Å². The summed E-state index contributed by atoms with van der Waals surface area (Å²) in [5.41, 5.74) is 8.17. The van der Waals surface area contributed by atoms with Crippen LogP contribution in [0.5, 0.6) is 0 Å². The number of carbonyl (C=O) groups is 1. The molecule has 19 heavy (non-hydrogen) atoms. The van der Waals surface area contributed by atoms with Gasteiger partial charge >= 0.3 is 0 Å². The molecule has 4 heteroatoms. The Hall–Kier alpha value is -2.36. The fourth-order valence-electron chi connectivity index (χ4n) is 1.91. The first kappa shape index (κ1) is 11.7. The van der Waals surface area contributed by atoms with Crippen LogP contribution >= 0.6 is 0 Å². The molecule has 4 nitrogen and oxygen atoms in total. The highest BCUT2D eigenvalue weighted by molar-refractivity contribution is 5.95. The minimum absolute atomic E-state index is 0.00671. The van der Waals surface area contributed by atoms with Crippen molar-refractivity contribution in [2.45, 2.75) is 18.9 Å². The third kappa shape index (κ3) is 2.73. The summed E-state index contributed by atoms with van der Waals surface area (Å²) in [6.07, 6.45) is 3.90. The molecule has 1 aliphatic rings. The van der Waals surface area contributed by atoms with Gasteiger partial charge in [0.25, 0.3) is 5.91 Å². The third-order valence-corrected chi connectivity index (χ3v) is 3.16. The molecular formula is C15H15N3O. The van der Waals surface area contributed by atoms with Crippen LogP contribution in [0.3, 0.4) is 0 Å². The molecule has 0 spiro atoms. The lowest BCUT2D eigenvalue weighted by Crippen LogP contribution is -2.25. The third-order valence-electron chi connectivity index (χ3n) is 3.16. The van der Waals surface area contributed by atoms with Crippen LogP contribution in [0.25, 0.3) is 11.1 Å². The number of rotatable bonds is 3. The molecule has 0 saturated heterocycles. The highest BCUT2D eigenvalue weighted by Crippen LogP contribution is 2.22. The van der Waals surface area contributed by atoms with Gasteiger partial charge in [0, 0.05) is 23.4 Å². The lowest BCUT2D eigenvalue weighted by molar-refractivity contribution is 0.0951. The van der Waals surface area contributed by atoms with Crippen molar-refractivity contribution in [3.05, 3.63) is 48.2 Å². The summed E-state index contributed by atoms with van der Waals surface area (Å²) in [6, 6.07) is 11.6. The monoisotopic (exact) mass is 253 g/mol. The van der Waals surface area contributed by atoms with Gasteiger partial charge in [-0.3, -0.25) is 4.79 Å². The molecule has 1 fully saturated rings. The zero-order valence-electron chi connectivity index (χ0n) is 10.5. The van der Waals surface area contributed by atoms with E-state index in [1.54, 1.807) is 12.3 Å². The molecule has 1 amide bonds. The Morgan fingerprint density at radius 2 is 2.05 bits per heavy atom. The lowest BCUT2D eigenvalue weighted by atomic mass is 10.0. The van der Waals surface area contributed by atoms with Gasteiger partial charge < -0.3 is 11.1 Å². The van der Waals surface area contributed by atoms with Crippen LogP contribution in [-0.4, -0.2) is 16.9 Å². The van der Waals surface area contributed by atoms with Crippen LogP contribution in [0.1, 0.15) is 23.2 Å². The minimum Gasteiger partial charge on any atom is -0.384 e. The molecule has 0 radical (unpaired) electrons. The standard InChI is InChI=1S/C15H15N3O/c16-14-7-4-12(9-17-14)10-2-1-3-11(8-10)15(19)18-13-5-6-13/h1-4,7-9,13H,5-6H2,(H2,16,17)(H,18,19). The van der Waals surface area contributed by atoms with Crippen molar-refractivity contribution in [3.8, 4) is 11.1 Å². The highest BCUT2D eigenvalue weighted by atomic mass is 16.1. The van der Waals surface area contributed by atoms with Gasteiger partial charge in [0.2, 0.25) is 0 Å². The predicted octanol–water partition coefficient (Wildman–Crippen LogP) is 2.22. The first-order chi connectivity index (χ1) is 9.22. The summed E-state index contributed by atoms with van der Waals surface area (Å²) in [5.74, 6) is 0.485. The molecule has 0 unspecified atom stereocenters. The van der Waals surface area contributed by atoms with Gasteiger partial charge in [0.1, 0.15) is 5.82 Å². The van der Waals surface area contributed by atoms with E-state index in [1.807, 2.05) is 30.3 Å². The van der Waals surface area contributed by atoms with E-state index in [0.29, 0.717) is 17.4 Å². The maximum Gasteiger partial charge on any atom is 0.251 e. The normalized spacial score (nSPS) is 14.1.